The van der Waals surface area contributed by atoms with Crippen molar-refractivity contribution in [3.05, 3.63) is 27.7 Å². The zero-order chi connectivity index (χ0) is 15.0. The molecule has 0 fully saturated rings. The van der Waals surface area contributed by atoms with Crippen molar-refractivity contribution in [2.45, 2.75) is 19.0 Å². The summed E-state index contributed by atoms with van der Waals surface area (Å²) in [6.45, 7) is 0. The van der Waals surface area contributed by atoms with Gasteiger partial charge >= 0.3 is 12.5 Å². The zero-order valence-electron chi connectivity index (χ0n) is 8.49. The Labute approximate surface area is 98.3 Å². The summed E-state index contributed by atoms with van der Waals surface area (Å²) in [7, 11) is 0. The summed E-state index contributed by atoms with van der Waals surface area (Å²) in [6.07, 6.45) is -14.7. The van der Waals surface area contributed by atoms with E-state index >= 15 is 0 Å². The Hall–Kier alpha value is -1.81. The zero-order valence-corrected chi connectivity index (χ0v) is 8.49. The number of ether oxygens (including phenoxy) is 1. The fourth-order valence-electron chi connectivity index (χ4n) is 1.17. The van der Waals surface area contributed by atoms with Crippen molar-refractivity contribution >= 4 is 0 Å². The third-order valence-electron chi connectivity index (χ3n) is 1.81. The molecule has 0 aromatic carbocycles. The molecule has 0 unspecified atom stereocenters. The van der Waals surface area contributed by atoms with Gasteiger partial charge in [0.05, 0.1) is 5.56 Å². The Morgan fingerprint density at radius 3 is 2.00 bits per heavy atom. The lowest BCUT2D eigenvalue weighted by atomic mass is 10.2. The first-order valence-corrected chi connectivity index (χ1v) is 4.30. The van der Waals surface area contributed by atoms with Gasteiger partial charge < -0.3 is 9.72 Å². The van der Waals surface area contributed by atoms with Gasteiger partial charge in [-0.3, -0.25) is 4.79 Å². The minimum atomic E-state index is -5.40. The van der Waals surface area contributed by atoms with E-state index in [1.807, 2.05) is 0 Å². The molecule has 1 aromatic heterocycles. The van der Waals surface area contributed by atoms with Crippen molar-refractivity contribution in [3.8, 4) is 5.75 Å². The van der Waals surface area contributed by atoms with Crippen molar-refractivity contribution in [1.82, 2.24) is 4.98 Å². The van der Waals surface area contributed by atoms with E-state index in [2.05, 4.69) is 4.74 Å². The van der Waals surface area contributed by atoms with Gasteiger partial charge in [0.2, 0.25) is 5.43 Å². The number of halogens is 8. The molecule has 0 saturated heterocycles. The first kappa shape index (κ1) is 15.2. The van der Waals surface area contributed by atoms with Crippen LogP contribution in [-0.2, 0) is 6.18 Å². The molecule has 1 rings (SSSR count). The lowest BCUT2D eigenvalue weighted by Crippen LogP contribution is -2.26. The molecule has 1 N–H and O–H groups in total. The van der Waals surface area contributed by atoms with E-state index in [4.69, 9.17) is 0 Å². The van der Waals surface area contributed by atoms with Crippen LogP contribution in [0.4, 0.5) is 35.1 Å². The van der Waals surface area contributed by atoms with Gasteiger partial charge in [0.1, 0.15) is 5.69 Å². The van der Waals surface area contributed by atoms with E-state index in [0.717, 1.165) is 4.98 Å². The second-order valence-electron chi connectivity index (χ2n) is 3.12. The van der Waals surface area contributed by atoms with Gasteiger partial charge in [-0.1, -0.05) is 0 Å². The van der Waals surface area contributed by atoms with Crippen molar-refractivity contribution in [3.63, 3.8) is 0 Å². The number of rotatable bonds is 2. The predicted molar refractivity (Wildman–Crippen MR) is 43.7 cm³/mol. The van der Waals surface area contributed by atoms with Gasteiger partial charge in [0.25, 0.3) is 6.43 Å². The Kier molecular flexibility index (Phi) is 3.77. The maximum Gasteiger partial charge on any atom is 0.573 e. The number of alkyl halides is 8. The summed E-state index contributed by atoms with van der Waals surface area (Å²) >= 11 is 0. The van der Waals surface area contributed by atoms with Gasteiger partial charge in [-0.25, -0.2) is 8.78 Å². The van der Waals surface area contributed by atoms with Gasteiger partial charge in [0.15, 0.2) is 5.75 Å². The fraction of sp³-hybridized carbons (Fsp3) is 0.375. The molecule has 0 aliphatic rings. The summed E-state index contributed by atoms with van der Waals surface area (Å²) in [6, 6.07) is 0. The minimum Gasteiger partial charge on any atom is -0.400 e. The molecular weight excluding hydrogens is 294 g/mol. The molecule has 0 bridgehead atoms. The monoisotopic (exact) mass is 297 g/mol. The number of aromatic amines is 1. The van der Waals surface area contributed by atoms with Crippen LogP contribution in [0.15, 0.2) is 11.0 Å². The van der Waals surface area contributed by atoms with Gasteiger partial charge in [-0.15, -0.1) is 13.2 Å². The SMILES string of the molecule is O=c1c(OC(F)(F)F)c[nH]c(C(F)(F)F)c1C(F)F. The maximum absolute atomic E-state index is 12.4. The fourth-order valence-corrected chi connectivity index (χ4v) is 1.17. The molecule has 0 spiro atoms. The van der Waals surface area contributed by atoms with Crippen LogP contribution < -0.4 is 10.2 Å². The van der Waals surface area contributed by atoms with E-state index in [1.165, 1.54) is 0 Å². The highest BCUT2D eigenvalue weighted by molar-refractivity contribution is 5.32. The smallest absolute Gasteiger partial charge is 0.400 e. The Morgan fingerprint density at radius 1 is 1.11 bits per heavy atom. The third kappa shape index (κ3) is 3.58. The highest BCUT2D eigenvalue weighted by atomic mass is 19.4. The average molecular weight is 297 g/mol. The molecule has 0 amide bonds. The molecule has 0 aliphatic carbocycles. The molecule has 1 heterocycles. The molecule has 19 heavy (non-hydrogen) atoms. The Bertz CT molecular complexity index is 515. The molecule has 0 aliphatic heterocycles. The maximum atomic E-state index is 12.4. The van der Waals surface area contributed by atoms with E-state index in [0.29, 0.717) is 0 Å². The van der Waals surface area contributed by atoms with Crippen molar-refractivity contribution in [2.24, 2.45) is 0 Å². The van der Waals surface area contributed by atoms with Crippen molar-refractivity contribution < 1.29 is 39.9 Å². The van der Waals surface area contributed by atoms with Crippen LogP contribution in [0.25, 0.3) is 0 Å². The quantitative estimate of drug-likeness (QED) is 0.852. The molecule has 11 heteroatoms. The number of H-pyrrole nitrogens is 1. The first-order chi connectivity index (χ1) is 8.43. The van der Waals surface area contributed by atoms with Crippen LogP contribution in [0, 0.1) is 0 Å². The van der Waals surface area contributed by atoms with Crippen LogP contribution in [0.3, 0.4) is 0 Å². The Morgan fingerprint density at radius 2 is 1.63 bits per heavy atom. The first-order valence-electron chi connectivity index (χ1n) is 4.30. The third-order valence-corrected chi connectivity index (χ3v) is 1.81. The molecular formula is C8H3F8NO2. The van der Waals surface area contributed by atoms with E-state index < -0.39 is 41.4 Å². The van der Waals surface area contributed by atoms with Crippen LogP contribution >= 0.6 is 0 Å². The van der Waals surface area contributed by atoms with Gasteiger partial charge in [0, 0.05) is 6.20 Å². The van der Waals surface area contributed by atoms with Crippen molar-refractivity contribution in [1.29, 1.82) is 0 Å². The normalized spacial score (nSPS) is 12.9. The molecule has 1 aromatic rings. The van der Waals surface area contributed by atoms with Crippen LogP contribution in [0.2, 0.25) is 0 Å². The summed E-state index contributed by atoms with van der Waals surface area (Å²) in [5.41, 5.74) is -6.44. The average Bonchev–Trinajstić information content (AvgIpc) is 2.16. The Balaban J connectivity index is 3.45. The summed E-state index contributed by atoms with van der Waals surface area (Å²) in [5.74, 6) is -1.70. The number of aromatic nitrogens is 1. The highest BCUT2D eigenvalue weighted by Gasteiger charge is 2.40. The second-order valence-corrected chi connectivity index (χ2v) is 3.12. The number of nitrogens with one attached hydrogen (secondary N) is 1. The van der Waals surface area contributed by atoms with E-state index in [1.54, 1.807) is 0 Å². The lowest BCUT2D eigenvalue weighted by Gasteiger charge is -2.14. The largest absolute Gasteiger partial charge is 0.573 e. The topological polar surface area (TPSA) is 42.1 Å². The van der Waals surface area contributed by atoms with Crippen LogP contribution in [0.1, 0.15) is 17.7 Å². The predicted octanol–water partition coefficient (Wildman–Crippen LogP) is 3.23. The molecule has 0 atom stereocenters. The van der Waals surface area contributed by atoms with Gasteiger partial charge in [-0.2, -0.15) is 13.2 Å². The summed E-state index contributed by atoms with van der Waals surface area (Å²) in [4.78, 5) is 12.3. The molecule has 0 saturated carbocycles. The summed E-state index contributed by atoms with van der Waals surface area (Å²) in [5, 5.41) is 0. The minimum absolute atomic E-state index is 0.0788. The van der Waals surface area contributed by atoms with Crippen molar-refractivity contribution in [2.75, 3.05) is 0 Å². The second kappa shape index (κ2) is 4.70. The molecule has 3 nitrogen and oxygen atoms in total. The van der Waals surface area contributed by atoms with Crippen LogP contribution in [-0.4, -0.2) is 11.3 Å². The highest BCUT2D eigenvalue weighted by Crippen LogP contribution is 2.34. The van der Waals surface area contributed by atoms with Crippen LogP contribution in [0.5, 0.6) is 5.75 Å². The number of hydrogen-bond donors (Lipinski definition) is 1. The number of pyridine rings is 1. The molecule has 108 valence electrons. The van der Waals surface area contributed by atoms with E-state index in [9.17, 15) is 39.9 Å². The van der Waals surface area contributed by atoms with E-state index in [-0.39, 0.29) is 6.20 Å². The lowest BCUT2D eigenvalue weighted by molar-refractivity contribution is -0.275. The standard InChI is InChI=1S/C8H3F8NO2/c9-6(10)3-4(18)2(19-8(14,15)16)1-17-5(3)7(11,12)13/h1,6H,(H,17,18). The number of hydrogen-bond acceptors (Lipinski definition) is 2. The molecule has 0 radical (unpaired) electrons. The van der Waals surface area contributed by atoms with Gasteiger partial charge in [-0.05, 0) is 0 Å². The summed E-state index contributed by atoms with van der Waals surface area (Å²) < 4.78 is 100.